The van der Waals surface area contributed by atoms with E-state index in [-0.39, 0.29) is 23.4 Å². The van der Waals surface area contributed by atoms with Crippen LogP contribution in [0.1, 0.15) is 24.9 Å². The predicted octanol–water partition coefficient (Wildman–Crippen LogP) is 4.16. The third-order valence-electron chi connectivity index (χ3n) is 4.92. The SMILES string of the molecule is CC[C@@H](NC(=O)CN(c1ccccc1)S(=O)(=O)c1ccccc1)c1ccc(OC)cc1. The van der Waals surface area contributed by atoms with E-state index in [1.165, 1.54) is 12.1 Å². The summed E-state index contributed by atoms with van der Waals surface area (Å²) in [7, 11) is -2.31. The van der Waals surface area contributed by atoms with E-state index in [2.05, 4.69) is 5.32 Å². The molecular formula is C24H26N2O4S. The van der Waals surface area contributed by atoms with Crippen molar-refractivity contribution in [3.63, 3.8) is 0 Å². The van der Waals surface area contributed by atoms with Crippen LogP contribution in [-0.4, -0.2) is 28.0 Å². The Labute approximate surface area is 183 Å². The highest BCUT2D eigenvalue weighted by molar-refractivity contribution is 7.92. The molecule has 3 aromatic carbocycles. The molecule has 7 heteroatoms. The van der Waals surface area contributed by atoms with Gasteiger partial charge < -0.3 is 10.1 Å². The molecule has 3 rings (SSSR count). The van der Waals surface area contributed by atoms with Crippen molar-refractivity contribution < 1.29 is 17.9 Å². The van der Waals surface area contributed by atoms with E-state index < -0.39 is 10.0 Å². The van der Waals surface area contributed by atoms with E-state index in [0.29, 0.717) is 12.1 Å². The van der Waals surface area contributed by atoms with E-state index in [1.54, 1.807) is 55.6 Å². The maximum absolute atomic E-state index is 13.3. The number of methoxy groups -OCH3 is 1. The Kier molecular flexibility index (Phi) is 7.31. The van der Waals surface area contributed by atoms with Gasteiger partial charge in [-0.3, -0.25) is 9.10 Å². The van der Waals surface area contributed by atoms with Gasteiger partial charge in [0.05, 0.1) is 23.7 Å². The predicted molar refractivity (Wildman–Crippen MR) is 122 cm³/mol. The molecule has 0 spiro atoms. The van der Waals surface area contributed by atoms with Crippen molar-refractivity contribution >= 4 is 21.6 Å². The highest BCUT2D eigenvalue weighted by Gasteiger charge is 2.27. The lowest BCUT2D eigenvalue weighted by atomic mass is 10.0. The van der Waals surface area contributed by atoms with Gasteiger partial charge in [0.2, 0.25) is 5.91 Å². The molecule has 0 aromatic heterocycles. The molecule has 0 saturated heterocycles. The van der Waals surface area contributed by atoms with Gasteiger partial charge in [-0.25, -0.2) is 8.42 Å². The maximum Gasteiger partial charge on any atom is 0.264 e. The molecule has 0 aliphatic heterocycles. The van der Waals surface area contributed by atoms with Gasteiger partial charge in [0.1, 0.15) is 12.3 Å². The second kappa shape index (κ2) is 10.1. The summed E-state index contributed by atoms with van der Waals surface area (Å²) < 4.78 is 32.9. The van der Waals surface area contributed by atoms with Crippen LogP contribution >= 0.6 is 0 Å². The van der Waals surface area contributed by atoms with E-state index in [1.807, 2.05) is 31.2 Å². The number of rotatable bonds is 9. The summed E-state index contributed by atoms with van der Waals surface area (Å²) in [5, 5.41) is 2.96. The van der Waals surface area contributed by atoms with Crippen LogP contribution in [0.2, 0.25) is 0 Å². The van der Waals surface area contributed by atoms with Gasteiger partial charge in [0.15, 0.2) is 0 Å². The molecule has 0 aliphatic rings. The van der Waals surface area contributed by atoms with Crippen LogP contribution in [0, 0.1) is 0 Å². The van der Waals surface area contributed by atoms with Crippen LogP contribution in [0.3, 0.4) is 0 Å². The molecule has 0 radical (unpaired) electrons. The average molecular weight is 439 g/mol. The molecular weight excluding hydrogens is 412 g/mol. The zero-order chi connectivity index (χ0) is 22.3. The number of anilines is 1. The molecule has 3 aromatic rings. The molecule has 0 fully saturated rings. The molecule has 1 amide bonds. The van der Waals surface area contributed by atoms with Crippen molar-refractivity contribution in [2.45, 2.75) is 24.3 Å². The zero-order valence-electron chi connectivity index (χ0n) is 17.6. The van der Waals surface area contributed by atoms with Crippen LogP contribution in [0.5, 0.6) is 5.75 Å². The molecule has 162 valence electrons. The third kappa shape index (κ3) is 5.44. The van der Waals surface area contributed by atoms with Gasteiger partial charge in [0, 0.05) is 0 Å². The van der Waals surface area contributed by atoms with E-state index >= 15 is 0 Å². The summed E-state index contributed by atoms with van der Waals surface area (Å²) in [5.41, 5.74) is 1.35. The average Bonchev–Trinajstić information content (AvgIpc) is 2.82. The molecule has 0 heterocycles. The lowest BCUT2D eigenvalue weighted by Crippen LogP contribution is -2.42. The molecule has 0 unspecified atom stereocenters. The standard InChI is InChI=1S/C24H26N2O4S/c1-3-23(19-14-16-21(30-2)17-15-19)25-24(27)18-26(20-10-6-4-7-11-20)31(28,29)22-12-8-5-9-13-22/h4-17,23H,3,18H2,1-2H3,(H,25,27)/t23-/m1/s1. The molecule has 0 aliphatic carbocycles. The van der Waals surface area contributed by atoms with Crippen LogP contribution in [0.25, 0.3) is 0 Å². The number of amides is 1. The number of para-hydroxylation sites is 1. The largest absolute Gasteiger partial charge is 0.497 e. The van der Waals surface area contributed by atoms with Gasteiger partial charge in [-0.2, -0.15) is 0 Å². The number of hydrogen-bond donors (Lipinski definition) is 1. The fraction of sp³-hybridized carbons (Fsp3) is 0.208. The third-order valence-corrected chi connectivity index (χ3v) is 6.71. The minimum atomic E-state index is -3.91. The van der Waals surface area contributed by atoms with Crippen molar-refractivity contribution in [3.05, 3.63) is 90.5 Å². The zero-order valence-corrected chi connectivity index (χ0v) is 18.4. The number of nitrogens with zero attached hydrogens (tertiary/aromatic N) is 1. The van der Waals surface area contributed by atoms with Gasteiger partial charge in [-0.1, -0.05) is 55.5 Å². The summed E-state index contributed by atoms with van der Waals surface area (Å²) in [5.74, 6) is 0.347. The highest BCUT2D eigenvalue weighted by Crippen LogP contribution is 2.24. The first kappa shape index (κ1) is 22.4. The quantitative estimate of drug-likeness (QED) is 0.544. The van der Waals surface area contributed by atoms with Crippen molar-refractivity contribution in [2.75, 3.05) is 18.0 Å². The smallest absolute Gasteiger partial charge is 0.264 e. The van der Waals surface area contributed by atoms with Gasteiger partial charge in [-0.05, 0) is 48.4 Å². The van der Waals surface area contributed by atoms with Gasteiger partial charge >= 0.3 is 0 Å². The number of benzene rings is 3. The molecule has 0 bridgehead atoms. The maximum atomic E-state index is 13.3. The molecule has 1 atom stereocenters. The number of sulfonamides is 1. The summed E-state index contributed by atoms with van der Waals surface area (Å²) >= 11 is 0. The summed E-state index contributed by atoms with van der Waals surface area (Å²) in [6.45, 7) is 1.64. The minimum absolute atomic E-state index is 0.133. The Morgan fingerprint density at radius 2 is 1.52 bits per heavy atom. The number of ether oxygens (including phenoxy) is 1. The molecule has 0 saturated carbocycles. The van der Waals surface area contributed by atoms with E-state index in [9.17, 15) is 13.2 Å². The molecule has 1 N–H and O–H groups in total. The number of carbonyl (C=O) groups is 1. The molecule has 6 nitrogen and oxygen atoms in total. The Balaban J connectivity index is 1.84. The summed E-state index contributed by atoms with van der Waals surface area (Å²) in [6, 6.07) is 24.0. The van der Waals surface area contributed by atoms with E-state index in [4.69, 9.17) is 4.74 Å². The number of hydrogen-bond acceptors (Lipinski definition) is 4. The van der Waals surface area contributed by atoms with Crippen LogP contribution < -0.4 is 14.4 Å². The normalized spacial score (nSPS) is 12.1. The second-order valence-corrected chi connectivity index (χ2v) is 8.82. The monoisotopic (exact) mass is 438 g/mol. The Morgan fingerprint density at radius 1 is 0.935 bits per heavy atom. The van der Waals surface area contributed by atoms with Crippen molar-refractivity contribution in [1.29, 1.82) is 0 Å². The van der Waals surface area contributed by atoms with Crippen molar-refractivity contribution in [1.82, 2.24) is 5.32 Å². The fourth-order valence-corrected chi connectivity index (χ4v) is 4.70. The topological polar surface area (TPSA) is 75.7 Å². The molecule has 31 heavy (non-hydrogen) atoms. The first-order valence-corrected chi connectivity index (χ1v) is 11.5. The Hall–Kier alpha value is -3.32. The van der Waals surface area contributed by atoms with Crippen molar-refractivity contribution in [3.8, 4) is 5.75 Å². The lowest BCUT2D eigenvalue weighted by molar-refractivity contribution is -0.120. The first-order chi connectivity index (χ1) is 15.0. The number of carbonyl (C=O) groups excluding carboxylic acids is 1. The number of nitrogens with one attached hydrogen (secondary N) is 1. The second-order valence-electron chi connectivity index (χ2n) is 6.96. The van der Waals surface area contributed by atoms with Gasteiger partial charge in [0.25, 0.3) is 10.0 Å². The van der Waals surface area contributed by atoms with Crippen LogP contribution in [0.4, 0.5) is 5.69 Å². The van der Waals surface area contributed by atoms with Crippen LogP contribution in [-0.2, 0) is 14.8 Å². The van der Waals surface area contributed by atoms with Crippen molar-refractivity contribution in [2.24, 2.45) is 0 Å². The Morgan fingerprint density at radius 3 is 2.06 bits per heavy atom. The minimum Gasteiger partial charge on any atom is -0.497 e. The highest BCUT2D eigenvalue weighted by atomic mass is 32.2. The first-order valence-electron chi connectivity index (χ1n) is 10.0. The van der Waals surface area contributed by atoms with E-state index in [0.717, 1.165) is 15.6 Å². The fourth-order valence-electron chi connectivity index (χ4n) is 3.26. The lowest BCUT2D eigenvalue weighted by Gasteiger charge is -2.25. The van der Waals surface area contributed by atoms with Crippen LogP contribution in [0.15, 0.2) is 89.8 Å². The summed E-state index contributed by atoms with van der Waals surface area (Å²) in [4.78, 5) is 13.1. The summed E-state index contributed by atoms with van der Waals surface area (Å²) in [6.07, 6.45) is 0.662. The Bertz CT molecular complexity index is 1090. The van der Waals surface area contributed by atoms with Gasteiger partial charge in [-0.15, -0.1) is 0 Å².